The second-order valence-electron chi connectivity index (χ2n) is 3.62. The Balaban J connectivity index is 2.06. The van der Waals surface area contributed by atoms with Gasteiger partial charge in [-0.25, -0.2) is 10.4 Å². The lowest BCUT2D eigenvalue weighted by molar-refractivity contribution is 0.0949. The van der Waals surface area contributed by atoms with E-state index in [1.807, 2.05) is 0 Å². The number of amides is 1. The summed E-state index contributed by atoms with van der Waals surface area (Å²) in [7, 11) is 0. The molecule has 0 radical (unpaired) electrons. The second kappa shape index (κ2) is 6.58. The quantitative estimate of drug-likeness (QED) is 0.613. The fourth-order valence-electron chi connectivity index (χ4n) is 1.30. The van der Waals surface area contributed by atoms with E-state index in [-0.39, 0.29) is 11.4 Å². The number of rotatable bonds is 3. The minimum atomic E-state index is -0.453. The molecule has 2 aromatic rings. The van der Waals surface area contributed by atoms with E-state index >= 15 is 0 Å². The van der Waals surface area contributed by atoms with E-state index in [0.717, 1.165) is 0 Å². The summed E-state index contributed by atoms with van der Waals surface area (Å²) in [5.74, 6) is -0.350. The van der Waals surface area contributed by atoms with Crippen LogP contribution in [0.25, 0.3) is 0 Å². The highest BCUT2D eigenvalue weighted by molar-refractivity contribution is 9.11. The molecule has 0 bridgehead atoms. The van der Waals surface area contributed by atoms with Gasteiger partial charge in [-0.3, -0.25) is 9.78 Å². The molecule has 0 saturated carbocycles. The van der Waals surface area contributed by atoms with Crippen LogP contribution in [0.15, 0.2) is 44.8 Å². The van der Waals surface area contributed by atoms with Gasteiger partial charge in [-0.05, 0) is 49.6 Å². The Morgan fingerprint density at radius 2 is 2.00 bits per heavy atom. The number of aromatic hydroxyl groups is 1. The summed E-state index contributed by atoms with van der Waals surface area (Å²) in [6.07, 6.45) is 5.69. The zero-order chi connectivity index (χ0) is 14.5. The van der Waals surface area contributed by atoms with Crippen LogP contribution in [0.3, 0.4) is 0 Å². The second-order valence-corrected chi connectivity index (χ2v) is 5.33. The fraction of sp³-hybridized carbons (Fsp3) is 0. The molecule has 2 rings (SSSR count). The molecule has 1 aromatic heterocycles. The van der Waals surface area contributed by atoms with Crippen LogP contribution in [0.5, 0.6) is 5.75 Å². The first kappa shape index (κ1) is 14.6. The number of phenolic OH excluding ortho intramolecular Hbond substituents is 1. The van der Waals surface area contributed by atoms with Crippen LogP contribution in [0.4, 0.5) is 0 Å². The summed E-state index contributed by atoms with van der Waals surface area (Å²) < 4.78 is 1.04. The number of hydrogen-bond donors (Lipinski definition) is 2. The SMILES string of the molecule is O=C(N/N=C\c1cc(Br)c(O)c(Br)c1)c1cnccn1. The van der Waals surface area contributed by atoms with Crippen LogP contribution in [0.1, 0.15) is 16.1 Å². The number of aromatic nitrogens is 2. The van der Waals surface area contributed by atoms with E-state index in [4.69, 9.17) is 0 Å². The molecule has 6 nitrogen and oxygen atoms in total. The van der Waals surface area contributed by atoms with E-state index in [9.17, 15) is 9.90 Å². The Bertz CT molecular complexity index is 639. The highest BCUT2D eigenvalue weighted by Gasteiger charge is 2.06. The lowest BCUT2D eigenvalue weighted by Crippen LogP contribution is -2.19. The third kappa shape index (κ3) is 3.61. The van der Waals surface area contributed by atoms with Crippen LogP contribution in [0.2, 0.25) is 0 Å². The molecule has 2 N–H and O–H groups in total. The number of carbonyl (C=O) groups excluding carboxylic acids is 1. The van der Waals surface area contributed by atoms with Crippen molar-refractivity contribution >= 4 is 44.0 Å². The molecule has 0 fully saturated rings. The maximum absolute atomic E-state index is 11.6. The van der Waals surface area contributed by atoms with Crippen LogP contribution < -0.4 is 5.43 Å². The fourth-order valence-corrected chi connectivity index (χ4v) is 2.52. The van der Waals surface area contributed by atoms with Gasteiger partial charge in [-0.2, -0.15) is 5.10 Å². The average Bonchev–Trinajstić information content (AvgIpc) is 2.45. The van der Waals surface area contributed by atoms with Gasteiger partial charge in [-0.1, -0.05) is 0 Å². The van der Waals surface area contributed by atoms with E-state index in [1.54, 1.807) is 12.1 Å². The minimum Gasteiger partial charge on any atom is -0.506 e. The highest BCUT2D eigenvalue weighted by Crippen LogP contribution is 2.32. The average molecular weight is 400 g/mol. The Hall–Kier alpha value is -1.80. The number of halogens is 2. The number of hydrogen-bond acceptors (Lipinski definition) is 5. The van der Waals surface area contributed by atoms with Crippen molar-refractivity contribution in [1.29, 1.82) is 0 Å². The van der Waals surface area contributed by atoms with Crippen LogP contribution in [-0.4, -0.2) is 27.2 Å². The third-order valence-corrected chi connectivity index (χ3v) is 3.42. The van der Waals surface area contributed by atoms with Gasteiger partial charge in [0.1, 0.15) is 11.4 Å². The van der Waals surface area contributed by atoms with Gasteiger partial charge in [0.2, 0.25) is 0 Å². The maximum Gasteiger partial charge on any atom is 0.291 e. The number of nitrogens with one attached hydrogen (secondary N) is 1. The van der Waals surface area contributed by atoms with Crippen molar-refractivity contribution in [2.75, 3.05) is 0 Å². The largest absolute Gasteiger partial charge is 0.506 e. The standard InChI is InChI=1S/C12H8Br2N4O2/c13-8-3-7(4-9(14)11(8)19)5-17-18-12(20)10-6-15-1-2-16-10/h1-6,19H,(H,18,20)/b17-5-. The van der Waals surface area contributed by atoms with Crippen molar-refractivity contribution in [3.8, 4) is 5.75 Å². The van der Waals surface area contributed by atoms with Crippen LogP contribution >= 0.6 is 31.9 Å². The van der Waals surface area contributed by atoms with Gasteiger partial charge in [0.15, 0.2) is 0 Å². The summed E-state index contributed by atoms with van der Waals surface area (Å²) in [5.41, 5.74) is 3.21. The van der Waals surface area contributed by atoms with Crippen molar-refractivity contribution in [1.82, 2.24) is 15.4 Å². The first-order chi connectivity index (χ1) is 9.58. The minimum absolute atomic E-state index is 0.103. The normalized spacial score (nSPS) is 10.7. The molecule has 0 aliphatic carbocycles. The summed E-state index contributed by atoms with van der Waals surface area (Å²) >= 11 is 6.41. The summed E-state index contributed by atoms with van der Waals surface area (Å²) in [4.78, 5) is 19.3. The zero-order valence-corrected chi connectivity index (χ0v) is 13.1. The molecule has 0 aliphatic heterocycles. The van der Waals surface area contributed by atoms with Crippen molar-refractivity contribution in [2.45, 2.75) is 0 Å². The number of hydrazone groups is 1. The Morgan fingerprint density at radius 1 is 1.30 bits per heavy atom. The predicted octanol–water partition coefficient (Wildman–Crippen LogP) is 2.47. The number of phenols is 1. The van der Waals surface area contributed by atoms with Gasteiger partial charge in [0, 0.05) is 12.4 Å². The van der Waals surface area contributed by atoms with E-state index < -0.39 is 5.91 Å². The van der Waals surface area contributed by atoms with E-state index in [0.29, 0.717) is 14.5 Å². The predicted molar refractivity (Wildman–Crippen MR) is 80.6 cm³/mol. The summed E-state index contributed by atoms with van der Waals surface area (Å²) in [6, 6.07) is 3.33. The molecule has 0 saturated heterocycles. The van der Waals surface area contributed by atoms with Crippen LogP contribution in [0, 0.1) is 0 Å². The van der Waals surface area contributed by atoms with Crippen molar-refractivity contribution in [3.63, 3.8) is 0 Å². The highest BCUT2D eigenvalue weighted by atomic mass is 79.9. The zero-order valence-electron chi connectivity index (χ0n) is 9.92. The van der Waals surface area contributed by atoms with Gasteiger partial charge in [-0.15, -0.1) is 0 Å². The number of benzene rings is 1. The third-order valence-electron chi connectivity index (χ3n) is 2.21. The van der Waals surface area contributed by atoms with Gasteiger partial charge in [0.05, 0.1) is 21.4 Å². The molecule has 1 amide bonds. The molecule has 0 aliphatic rings. The smallest absolute Gasteiger partial charge is 0.291 e. The molecule has 0 spiro atoms. The van der Waals surface area contributed by atoms with Crippen LogP contribution in [-0.2, 0) is 0 Å². The van der Waals surface area contributed by atoms with Gasteiger partial charge >= 0.3 is 0 Å². The summed E-state index contributed by atoms with van der Waals surface area (Å²) in [5, 5.41) is 13.4. The Kier molecular flexibility index (Phi) is 4.80. The maximum atomic E-state index is 11.6. The molecule has 8 heteroatoms. The van der Waals surface area contributed by atoms with Gasteiger partial charge in [0.25, 0.3) is 5.91 Å². The molecular formula is C12H8Br2N4O2. The lowest BCUT2D eigenvalue weighted by atomic mass is 10.2. The van der Waals surface area contributed by atoms with Crippen molar-refractivity contribution in [3.05, 3.63) is 50.9 Å². The van der Waals surface area contributed by atoms with Gasteiger partial charge < -0.3 is 5.11 Å². The molecule has 0 unspecified atom stereocenters. The Morgan fingerprint density at radius 3 is 2.60 bits per heavy atom. The number of nitrogens with zero attached hydrogens (tertiary/aromatic N) is 3. The molecule has 102 valence electrons. The van der Waals surface area contributed by atoms with Crippen molar-refractivity contribution < 1.29 is 9.90 Å². The molecule has 20 heavy (non-hydrogen) atoms. The first-order valence-corrected chi connectivity index (χ1v) is 6.94. The van der Waals surface area contributed by atoms with Crippen molar-refractivity contribution in [2.24, 2.45) is 5.10 Å². The topological polar surface area (TPSA) is 87.5 Å². The Labute approximate surface area is 131 Å². The summed E-state index contributed by atoms with van der Waals surface area (Å²) in [6.45, 7) is 0. The molecular weight excluding hydrogens is 392 g/mol. The monoisotopic (exact) mass is 398 g/mol. The van der Waals surface area contributed by atoms with E-state index in [1.165, 1.54) is 24.8 Å². The number of carbonyl (C=O) groups is 1. The lowest BCUT2D eigenvalue weighted by Gasteiger charge is -2.02. The molecule has 1 heterocycles. The molecule has 0 atom stereocenters. The first-order valence-electron chi connectivity index (χ1n) is 5.35. The van der Waals surface area contributed by atoms with E-state index in [2.05, 4.69) is 52.4 Å². The molecule has 1 aromatic carbocycles.